The normalized spacial score (nSPS) is 13.4. The van der Waals surface area contributed by atoms with Gasteiger partial charge >= 0.3 is 0 Å². The van der Waals surface area contributed by atoms with Gasteiger partial charge in [-0.1, -0.05) is 393 Å². The van der Waals surface area contributed by atoms with Gasteiger partial charge in [-0.25, -0.2) is 0 Å². The number of carbonyl (C=O) groups excluding carboxylic acids is 1. The molecule has 0 aromatic heterocycles. The van der Waals surface area contributed by atoms with Crippen molar-refractivity contribution >= 4 is 5.91 Å². The van der Waals surface area contributed by atoms with E-state index in [2.05, 4.69) is 19.2 Å². The van der Waals surface area contributed by atoms with Gasteiger partial charge in [0, 0.05) is 0 Å². The molecule has 0 fully saturated rings. The Morgan fingerprint density at radius 2 is 0.453 bits per heavy atom. The highest BCUT2D eigenvalue weighted by atomic mass is 16.3. The van der Waals surface area contributed by atoms with Gasteiger partial charge in [-0.2, -0.15) is 0 Å². The quantitative estimate of drug-likeness (QED) is 0.0390. The Morgan fingerprint density at radius 1 is 0.280 bits per heavy atom. The molecule has 0 aliphatic heterocycles. The lowest BCUT2D eigenvalue weighted by atomic mass is 9.99. The summed E-state index contributed by atoms with van der Waals surface area (Å²) in [5.41, 5.74) is 0. The fourth-order valence-electron chi connectivity index (χ4n) is 11.6. The van der Waals surface area contributed by atoms with E-state index in [9.17, 15) is 25.2 Å². The predicted molar refractivity (Wildman–Crippen MR) is 330 cm³/mol. The molecule has 0 saturated heterocycles. The molecule has 0 rings (SSSR count). The number of carbonyl (C=O) groups is 1. The fraction of sp³-hybridized carbons (Fsp3) is 0.986. The monoisotopic (exact) mass is 1060 g/mol. The first-order valence-electron chi connectivity index (χ1n) is 34.9. The van der Waals surface area contributed by atoms with Gasteiger partial charge in [0.1, 0.15) is 12.2 Å². The zero-order chi connectivity index (χ0) is 54.4. The minimum atomic E-state index is -1.26. The fourth-order valence-corrected chi connectivity index (χ4v) is 11.6. The van der Waals surface area contributed by atoms with Gasteiger partial charge in [0.05, 0.1) is 18.8 Å². The smallest absolute Gasteiger partial charge is 0.249 e. The molecule has 6 nitrogen and oxygen atoms in total. The Hall–Kier alpha value is -0.690. The lowest BCUT2D eigenvalue weighted by Crippen LogP contribution is -2.53. The number of aliphatic hydroxyl groups excluding tert-OH is 4. The summed E-state index contributed by atoms with van der Waals surface area (Å²) in [5.74, 6) is -0.573. The third-order valence-corrected chi connectivity index (χ3v) is 17.1. The van der Waals surface area contributed by atoms with Gasteiger partial charge in [0.25, 0.3) is 0 Å². The maximum absolute atomic E-state index is 12.7. The molecule has 5 N–H and O–H groups in total. The van der Waals surface area contributed by atoms with Gasteiger partial charge in [-0.15, -0.1) is 0 Å². The first-order chi connectivity index (χ1) is 37.0. The first kappa shape index (κ1) is 74.3. The zero-order valence-electron chi connectivity index (χ0n) is 51.3. The van der Waals surface area contributed by atoms with Crippen molar-refractivity contribution in [1.29, 1.82) is 0 Å². The van der Waals surface area contributed by atoms with Gasteiger partial charge in [-0.05, 0) is 12.8 Å². The molecular formula is C69H139NO5. The lowest BCUT2D eigenvalue weighted by Gasteiger charge is -2.27. The van der Waals surface area contributed by atoms with Crippen LogP contribution in [0, 0.1) is 0 Å². The minimum absolute atomic E-state index is 0.377. The van der Waals surface area contributed by atoms with Crippen molar-refractivity contribution in [1.82, 2.24) is 5.32 Å². The molecule has 450 valence electrons. The summed E-state index contributed by atoms with van der Waals surface area (Å²) in [4.78, 5) is 12.7. The Balaban J connectivity index is 3.50. The molecule has 4 atom stereocenters. The molecule has 0 aromatic rings. The van der Waals surface area contributed by atoms with Crippen molar-refractivity contribution in [3.05, 3.63) is 0 Å². The van der Waals surface area contributed by atoms with Crippen LogP contribution in [-0.2, 0) is 4.79 Å². The van der Waals surface area contributed by atoms with Crippen LogP contribution in [0.1, 0.15) is 406 Å². The zero-order valence-corrected chi connectivity index (χ0v) is 51.3. The molecular weight excluding hydrogens is 923 g/mol. The molecule has 75 heavy (non-hydrogen) atoms. The first-order valence-corrected chi connectivity index (χ1v) is 34.9. The van der Waals surface area contributed by atoms with Crippen LogP contribution in [0.4, 0.5) is 0 Å². The van der Waals surface area contributed by atoms with E-state index in [1.54, 1.807) is 0 Å². The number of unbranched alkanes of at least 4 members (excludes halogenated alkanes) is 57. The van der Waals surface area contributed by atoms with Gasteiger partial charge in [0.15, 0.2) is 0 Å². The molecule has 0 bridgehead atoms. The summed E-state index contributed by atoms with van der Waals surface area (Å²) in [7, 11) is 0. The van der Waals surface area contributed by atoms with Crippen LogP contribution < -0.4 is 5.32 Å². The van der Waals surface area contributed by atoms with Crippen LogP contribution >= 0.6 is 0 Å². The standard InChI is InChI=1S/C69H139NO5/c1-3-5-7-9-11-13-15-17-19-21-23-25-27-29-31-33-34-35-37-38-40-42-44-46-48-50-52-54-56-58-60-62-66(72)68(74)65(64-71)70-69(75)67(73)63-61-59-57-55-53-51-49-47-45-43-41-39-36-32-30-28-26-24-22-20-18-16-14-12-10-8-6-4-2/h65-68,71-74H,3-64H2,1-2H3,(H,70,75). The van der Waals surface area contributed by atoms with E-state index in [4.69, 9.17) is 0 Å². The molecule has 4 unspecified atom stereocenters. The Morgan fingerprint density at radius 3 is 0.640 bits per heavy atom. The lowest BCUT2D eigenvalue weighted by molar-refractivity contribution is -0.132. The molecule has 0 aliphatic carbocycles. The van der Waals surface area contributed by atoms with Crippen molar-refractivity contribution < 1.29 is 25.2 Å². The van der Waals surface area contributed by atoms with Crippen LogP contribution in [0.2, 0.25) is 0 Å². The Bertz CT molecular complexity index is 1060. The summed E-state index contributed by atoms with van der Waals surface area (Å²) in [5, 5.41) is 44.3. The van der Waals surface area contributed by atoms with Crippen molar-refractivity contribution in [2.45, 2.75) is 430 Å². The highest BCUT2D eigenvalue weighted by molar-refractivity contribution is 5.80. The molecule has 0 radical (unpaired) electrons. The summed E-state index contributed by atoms with van der Waals surface area (Å²) >= 11 is 0. The third kappa shape index (κ3) is 57.8. The topological polar surface area (TPSA) is 110 Å². The molecule has 0 aromatic carbocycles. The van der Waals surface area contributed by atoms with Gasteiger partial charge in [0.2, 0.25) is 5.91 Å². The molecule has 6 heteroatoms. The van der Waals surface area contributed by atoms with Crippen LogP contribution in [0.15, 0.2) is 0 Å². The van der Waals surface area contributed by atoms with Crippen molar-refractivity contribution in [2.24, 2.45) is 0 Å². The summed E-state index contributed by atoms with van der Waals surface area (Å²) in [6.45, 7) is 4.12. The Labute approximate surface area is 470 Å². The second-order valence-electron chi connectivity index (χ2n) is 24.6. The largest absolute Gasteiger partial charge is 0.394 e. The van der Waals surface area contributed by atoms with Crippen LogP contribution in [0.5, 0.6) is 0 Å². The second kappa shape index (κ2) is 64.1. The van der Waals surface area contributed by atoms with Crippen LogP contribution in [0.25, 0.3) is 0 Å². The summed E-state index contributed by atoms with van der Waals surface area (Å²) in [6, 6.07) is -0.982. The van der Waals surface area contributed by atoms with Crippen molar-refractivity contribution in [3.8, 4) is 0 Å². The minimum Gasteiger partial charge on any atom is -0.394 e. The number of hydrogen-bond acceptors (Lipinski definition) is 5. The maximum atomic E-state index is 12.7. The molecule has 0 heterocycles. The van der Waals surface area contributed by atoms with E-state index in [0.29, 0.717) is 12.8 Å². The maximum Gasteiger partial charge on any atom is 0.249 e. The summed E-state index contributed by atoms with van der Waals surface area (Å²) < 4.78 is 0. The summed E-state index contributed by atoms with van der Waals surface area (Å²) in [6.07, 6.45) is 78.0. The van der Waals surface area contributed by atoms with Crippen molar-refractivity contribution in [3.63, 3.8) is 0 Å². The number of nitrogens with one attached hydrogen (secondary N) is 1. The average Bonchev–Trinajstić information content (AvgIpc) is 3.42. The molecule has 0 aliphatic rings. The van der Waals surface area contributed by atoms with Crippen molar-refractivity contribution in [2.75, 3.05) is 6.61 Å². The SMILES string of the molecule is CCCCCCCCCCCCCCCCCCCCCCCCCCCCCCCCCC(O)C(O)C(CO)NC(=O)C(O)CCCCCCCCCCCCCCCCCCCCCCCCCCCCCC. The number of rotatable bonds is 66. The number of amides is 1. The molecule has 0 saturated carbocycles. The highest BCUT2D eigenvalue weighted by Gasteiger charge is 2.28. The average molecular weight is 1060 g/mol. The molecule has 0 spiro atoms. The van der Waals surface area contributed by atoms with E-state index < -0.39 is 36.9 Å². The second-order valence-corrected chi connectivity index (χ2v) is 24.6. The number of aliphatic hydroxyl groups is 4. The van der Waals surface area contributed by atoms with E-state index >= 15 is 0 Å². The third-order valence-electron chi connectivity index (χ3n) is 17.1. The van der Waals surface area contributed by atoms with Crippen LogP contribution in [0.3, 0.4) is 0 Å². The van der Waals surface area contributed by atoms with E-state index in [0.717, 1.165) is 38.5 Å². The molecule has 1 amide bonds. The van der Waals surface area contributed by atoms with Gasteiger partial charge < -0.3 is 25.7 Å². The Kier molecular flexibility index (Phi) is 63.5. The predicted octanol–water partition coefficient (Wildman–Crippen LogP) is 21.4. The highest BCUT2D eigenvalue weighted by Crippen LogP contribution is 2.20. The van der Waals surface area contributed by atoms with E-state index in [1.807, 2.05) is 0 Å². The van der Waals surface area contributed by atoms with E-state index in [-0.39, 0.29) is 0 Å². The number of hydrogen-bond donors (Lipinski definition) is 5. The van der Waals surface area contributed by atoms with Crippen LogP contribution in [-0.4, -0.2) is 57.3 Å². The van der Waals surface area contributed by atoms with Gasteiger partial charge in [-0.3, -0.25) is 4.79 Å². The van der Waals surface area contributed by atoms with E-state index in [1.165, 1.54) is 340 Å².